The maximum atomic E-state index is 12.2. The predicted molar refractivity (Wildman–Crippen MR) is 71.3 cm³/mol. The van der Waals surface area contributed by atoms with E-state index in [1.165, 1.54) is 4.90 Å². The molecule has 1 heterocycles. The summed E-state index contributed by atoms with van der Waals surface area (Å²) in [6.07, 6.45) is -7.14. The van der Waals surface area contributed by atoms with Crippen molar-refractivity contribution in [1.29, 1.82) is 0 Å². The summed E-state index contributed by atoms with van der Waals surface area (Å²) in [6.45, 7) is -0.675. The molecule has 118 valence electrons. The maximum Gasteiger partial charge on any atom is 0.415 e. The summed E-state index contributed by atoms with van der Waals surface area (Å²) in [7, 11) is -3.64. The van der Waals surface area contributed by atoms with Gasteiger partial charge in [0.25, 0.3) is 0 Å². The third-order valence-electron chi connectivity index (χ3n) is 3.21. The van der Waals surface area contributed by atoms with Crippen molar-refractivity contribution in [1.82, 2.24) is 4.90 Å². The Bertz CT molecular complexity index is 571. The zero-order valence-corrected chi connectivity index (χ0v) is 11.7. The average molecular weight is 324 g/mol. The first-order valence-electron chi connectivity index (χ1n) is 6.22. The molecule has 2 rings (SSSR count). The van der Waals surface area contributed by atoms with Crippen molar-refractivity contribution in [2.75, 3.05) is 24.4 Å². The number of aliphatic hydroxyl groups is 1. The first-order valence-corrected chi connectivity index (χ1v) is 7.77. The van der Waals surface area contributed by atoms with Crippen molar-refractivity contribution in [3.63, 3.8) is 0 Å². The molecule has 21 heavy (non-hydrogen) atoms. The van der Waals surface area contributed by atoms with Crippen LogP contribution in [0.25, 0.3) is 0 Å². The predicted octanol–water partition coefficient (Wildman–Crippen LogP) is 1.04. The Balaban J connectivity index is 1.86. The van der Waals surface area contributed by atoms with E-state index in [1.807, 2.05) is 0 Å². The summed E-state index contributed by atoms with van der Waals surface area (Å²) in [5.74, 6) is 0. The molecule has 0 spiro atoms. The van der Waals surface area contributed by atoms with Crippen LogP contribution in [0.4, 0.5) is 18.9 Å². The molecule has 0 radical (unpaired) electrons. The van der Waals surface area contributed by atoms with Crippen molar-refractivity contribution in [2.24, 2.45) is 0 Å². The van der Waals surface area contributed by atoms with Gasteiger partial charge >= 0.3 is 6.18 Å². The van der Waals surface area contributed by atoms with Crippen molar-refractivity contribution < 1.29 is 26.7 Å². The molecule has 1 aromatic carbocycles. The van der Waals surface area contributed by atoms with Crippen LogP contribution in [0, 0.1) is 0 Å². The minimum atomic E-state index is -4.69. The van der Waals surface area contributed by atoms with Gasteiger partial charge in [0.15, 0.2) is 6.10 Å². The Hall–Kier alpha value is -1.32. The molecular formula is C12H15F3N2O3S. The molecule has 0 amide bonds. The number of alkyl halides is 3. The number of β-amino-alcohol motifs (C(OH)–C–C–N with tert-alkyl or cyclic N) is 1. The molecule has 1 saturated heterocycles. The molecule has 0 saturated carbocycles. The molecule has 0 bridgehead atoms. The van der Waals surface area contributed by atoms with Crippen LogP contribution in [-0.2, 0) is 10.0 Å². The maximum absolute atomic E-state index is 12.2. The van der Waals surface area contributed by atoms with E-state index < -0.39 is 34.1 Å². The molecule has 1 aromatic rings. The lowest BCUT2D eigenvalue weighted by Gasteiger charge is -2.39. The second-order valence-corrected chi connectivity index (χ2v) is 6.87. The van der Waals surface area contributed by atoms with Crippen molar-refractivity contribution >= 4 is 15.7 Å². The Morgan fingerprint density at radius 1 is 1.29 bits per heavy atom. The number of halogens is 3. The highest BCUT2D eigenvalue weighted by Gasteiger charge is 2.44. The number of hydrogen-bond donors (Lipinski definition) is 2. The van der Waals surface area contributed by atoms with Gasteiger partial charge in [0, 0.05) is 25.3 Å². The number of likely N-dealkylation sites (tertiary alicyclic amines) is 1. The Labute approximate surface area is 120 Å². The summed E-state index contributed by atoms with van der Waals surface area (Å²) in [5, 5.41) is 8.13. The number of anilines is 1. The highest BCUT2D eigenvalue weighted by atomic mass is 32.2. The molecule has 1 fully saturated rings. The Kier molecular flexibility index (Phi) is 4.45. The van der Waals surface area contributed by atoms with E-state index in [9.17, 15) is 21.6 Å². The summed E-state index contributed by atoms with van der Waals surface area (Å²) in [4.78, 5) is 1.26. The fourth-order valence-electron chi connectivity index (χ4n) is 1.97. The number of nitrogens with one attached hydrogen (secondary N) is 1. The first-order chi connectivity index (χ1) is 9.68. The smallest absolute Gasteiger partial charge is 0.382 e. The largest absolute Gasteiger partial charge is 0.415 e. The number of hydrogen-bond acceptors (Lipinski definition) is 4. The van der Waals surface area contributed by atoms with Crippen LogP contribution in [0.3, 0.4) is 0 Å². The van der Waals surface area contributed by atoms with Crippen LogP contribution in [-0.4, -0.2) is 55.6 Å². The fraction of sp³-hybridized carbons (Fsp3) is 0.500. The van der Waals surface area contributed by atoms with E-state index >= 15 is 0 Å². The van der Waals surface area contributed by atoms with Gasteiger partial charge in [-0.3, -0.25) is 9.62 Å². The van der Waals surface area contributed by atoms with Crippen LogP contribution in [0.2, 0.25) is 0 Å². The summed E-state index contributed by atoms with van der Waals surface area (Å²) in [6, 6.07) is 8.25. The zero-order valence-electron chi connectivity index (χ0n) is 10.9. The van der Waals surface area contributed by atoms with Crippen LogP contribution in [0.5, 0.6) is 0 Å². The Morgan fingerprint density at radius 2 is 1.86 bits per heavy atom. The molecule has 1 unspecified atom stereocenters. The molecule has 1 aliphatic rings. The van der Waals surface area contributed by atoms with E-state index in [0.717, 1.165) is 0 Å². The lowest BCUT2D eigenvalue weighted by Crippen LogP contribution is -2.58. The van der Waals surface area contributed by atoms with Gasteiger partial charge in [-0.1, -0.05) is 18.2 Å². The number of benzene rings is 1. The first kappa shape index (κ1) is 16.1. The van der Waals surface area contributed by atoms with Gasteiger partial charge in [-0.2, -0.15) is 13.2 Å². The summed E-state index contributed by atoms with van der Waals surface area (Å²) in [5.41, 5.74) is 0.409. The number of nitrogens with zero attached hydrogens (tertiary/aromatic N) is 1. The highest BCUT2D eigenvalue weighted by Crippen LogP contribution is 2.24. The van der Waals surface area contributed by atoms with Crippen molar-refractivity contribution in [3.8, 4) is 0 Å². The van der Waals surface area contributed by atoms with Crippen LogP contribution < -0.4 is 4.72 Å². The normalized spacial score (nSPS) is 19.0. The second-order valence-electron chi connectivity index (χ2n) is 4.91. The standard InChI is InChI=1S/C12H15F3N2O3S/c13-12(14,15)11(18)8-17-6-10(7-17)21(19,20)16-9-4-2-1-3-5-9/h1-5,10-11,16,18H,6-8H2. The number of para-hydroxylation sites is 1. The van der Waals surface area contributed by atoms with Crippen LogP contribution in [0.15, 0.2) is 30.3 Å². The van der Waals surface area contributed by atoms with E-state index in [4.69, 9.17) is 5.11 Å². The van der Waals surface area contributed by atoms with Crippen LogP contribution >= 0.6 is 0 Å². The second kappa shape index (κ2) is 5.82. The van der Waals surface area contributed by atoms with E-state index in [0.29, 0.717) is 5.69 Å². The van der Waals surface area contributed by atoms with E-state index in [-0.39, 0.29) is 13.1 Å². The molecule has 1 aliphatic heterocycles. The number of aliphatic hydroxyl groups excluding tert-OH is 1. The molecule has 1 atom stereocenters. The van der Waals surface area contributed by atoms with Gasteiger partial charge < -0.3 is 5.11 Å². The monoisotopic (exact) mass is 324 g/mol. The minimum Gasteiger partial charge on any atom is -0.382 e. The van der Waals surface area contributed by atoms with Gasteiger partial charge in [0.05, 0.1) is 0 Å². The zero-order chi connectivity index (χ0) is 15.7. The van der Waals surface area contributed by atoms with Gasteiger partial charge in [0.2, 0.25) is 10.0 Å². The molecule has 0 aromatic heterocycles. The summed E-state index contributed by atoms with van der Waals surface area (Å²) >= 11 is 0. The lowest BCUT2D eigenvalue weighted by molar-refractivity contribution is -0.209. The van der Waals surface area contributed by atoms with Crippen LogP contribution in [0.1, 0.15) is 0 Å². The quantitative estimate of drug-likeness (QED) is 0.849. The molecule has 0 aliphatic carbocycles. The van der Waals surface area contributed by atoms with Gasteiger partial charge in [-0.25, -0.2) is 8.42 Å². The molecule has 9 heteroatoms. The summed E-state index contributed by atoms with van der Waals surface area (Å²) < 4.78 is 62.9. The van der Waals surface area contributed by atoms with E-state index in [1.54, 1.807) is 30.3 Å². The fourth-order valence-corrected chi connectivity index (χ4v) is 3.42. The van der Waals surface area contributed by atoms with Crippen molar-refractivity contribution in [2.45, 2.75) is 17.5 Å². The van der Waals surface area contributed by atoms with Gasteiger partial charge in [-0.15, -0.1) is 0 Å². The van der Waals surface area contributed by atoms with Gasteiger partial charge in [0.1, 0.15) is 5.25 Å². The molecule has 2 N–H and O–H groups in total. The minimum absolute atomic E-state index is 0.0324. The average Bonchev–Trinajstić information content (AvgIpc) is 2.32. The SMILES string of the molecule is O=S(=O)(Nc1ccccc1)C1CN(CC(O)C(F)(F)F)C1. The number of sulfonamides is 1. The number of rotatable bonds is 5. The van der Waals surface area contributed by atoms with E-state index in [2.05, 4.69) is 4.72 Å². The van der Waals surface area contributed by atoms with Crippen molar-refractivity contribution in [3.05, 3.63) is 30.3 Å². The van der Waals surface area contributed by atoms with Gasteiger partial charge in [-0.05, 0) is 12.1 Å². The third-order valence-corrected chi connectivity index (χ3v) is 4.90. The Morgan fingerprint density at radius 3 is 2.38 bits per heavy atom. The molecular weight excluding hydrogens is 309 g/mol. The molecule has 5 nitrogen and oxygen atoms in total. The third kappa shape index (κ3) is 4.08. The lowest BCUT2D eigenvalue weighted by atomic mass is 10.2. The highest BCUT2D eigenvalue weighted by molar-refractivity contribution is 7.93. The topological polar surface area (TPSA) is 69.6 Å².